The first-order chi connectivity index (χ1) is 7.04. The summed E-state index contributed by atoms with van der Waals surface area (Å²) >= 11 is 0. The molecule has 90 valence electrons. The summed E-state index contributed by atoms with van der Waals surface area (Å²) in [6, 6.07) is 3.03. The molecule has 1 rings (SSSR count). The van der Waals surface area contributed by atoms with Crippen molar-refractivity contribution in [3.05, 3.63) is 29.6 Å². The molecule has 6 heteroatoms. The van der Waals surface area contributed by atoms with Crippen LogP contribution in [-0.2, 0) is 11.2 Å². The van der Waals surface area contributed by atoms with Crippen molar-refractivity contribution in [2.45, 2.75) is 12.5 Å². The smallest absolute Gasteiger partial charge is 0.320 e. The molecular formula is C10H13ClFNO3. The number of nitrogens with two attached hydrogens (primary N) is 1. The number of benzene rings is 1. The molecule has 4 nitrogen and oxygen atoms in total. The zero-order valence-electron chi connectivity index (χ0n) is 8.64. The summed E-state index contributed by atoms with van der Waals surface area (Å²) in [5, 5.41) is 8.58. The Hall–Kier alpha value is -1.33. The summed E-state index contributed by atoms with van der Waals surface area (Å²) in [5.74, 6) is -1.16. The van der Waals surface area contributed by atoms with E-state index in [1.807, 2.05) is 0 Å². The maximum absolute atomic E-state index is 13.2. The first-order valence-electron chi connectivity index (χ1n) is 4.35. The first-order valence-corrected chi connectivity index (χ1v) is 4.35. The molecule has 0 saturated carbocycles. The second kappa shape index (κ2) is 6.30. The fourth-order valence-electron chi connectivity index (χ4n) is 1.16. The van der Waals surface area contributed by atoms with Crippen LogP contribution in [0.3, 0.4) is 0 Å². The Morgan fingerprint density at radius 2 is 2.25 bits per heavy atom. The van der Waals surface area contributed by atoms with Crippen LogP contribution < -0.4 is 10.5 Å². The van der Waals surface area contributed by atoms with Gasteiger partial charge in [-0.1, -0.05) is 0 Å². The van der Waals surface area contributed by atoms with Crippen molar-refractivity contribution in [3.8, 4) is 5.75 Å². The van der Waals surface area contributed by atoms with E-state index < -0.39 is 17.8 Å². The van der Waals surface area contributed by atoms with E-state index in [1.165, 1.54) is 25.3 Å². The molecule has 0 aromatic heterocycles. The minimum atomic E-state index is -1.16. The summed E-state index contributed by atoms with van der Waals surface area (Å²) in [6.45, 7) is 0. The lowest BCUT2D eigenvalue weighted by Gasteiger charge is -2.08. The van der Waals surface area contributed by atoms with Crippen molar-refractivity contribution in [1.29, 1.82) is 0 Å². The van der Waals surface area contributed by atoms with Gasteiger partial charge < -0.3 is 15.6 Å². The monoisotopic (exact) mass is 249 g/mol. The molecule has 16 heavy (non-hydrogen) atoms. The van der Waals surface area contributed by atoms with E-state index >= 15 is 0 Å². The molecule has 0 fully saturated rings. The Bertz CT molecular complexity index is 373. The molecule has 0 radical (unpaired) electrons. The van der Waals surface area contributed by atoms with Gasteiger partial charge in [0, 0.05) is 6.42 Å². The van der Waals surface area contributed by atoms with Crippen LogP contribution in [-0.4, -0.2) is 24.2 Å². The highest BCUT2D eigenvalue weighted by Gasteiger charge is 2.15. The Balaban J connectivity index is 0.00000225. The van der Waals surface area contributed by atoms with Gasteiger partial charge in [0.25, 0.3) is 0 Å². The number of aliphatic carboxylic acids is 1. The van der Waals surface area contributed by atoms with Gasteiger partial charge in [-0.2, -0.15) is 0 Å². The van der Waals surface area contributed by atoms with Gasteiger partial charge >= 0.3 is 5.97 Å². The van der Waals surface area contributed by atoms with Gasteiger partial charge in [-0.15, -0.1) is 12.4 Å². The van der Waals surface area contributed by atoms with E-state index in [1.54, 1.807) is 0 Å². The molecule has 3 N–H and O–H groups in total. The standard InChI is InChI=1S/C10H12FNO3.ClH/c1-15-7-2-3-8(11)6(4-7)5-9(12)10(13)14;/h2-4,9H,5,12H2,1H3,(H,13,14);1H/t9-;/m0./s1. The van der Waals surface area contributed by atoms with E-state index in [-0.39, 0.29) is 24.4 Å². The predicted octanol–water partition coefficient (Wildman–Crippen LogP) is 1.21. The van der Waals surface area contributed by atoms with Crippen LogP contribution >= 0.6 is 12.4 Å². The summed E-state index contributed by atoms with van der Waals surface area (Å²) < 4.78 is 18.1. The van der Waals surface area contributed by atoms with Gasteiger partial charge in [-0.3, -0.25) is 4.79 Å². The minimum Gasteiger partial charge on any atom is -0.497 e. The summed E-state index contributed by atoms with van der Waals surface area (Å²) in [6.07, 6.45) is -0.0572. The van der Waals surface area contributed by atoms with Gasteiger partial charge in [0.15, 0.2) is 0 Å². The number of halogens is 2. The third-order valence-corrected chi connectivity index (χ3v) is 2.01. The maximum atomic E-state index is 13.2. The van der Waals surface area contributed by atoms with Crippen molar-refractivity contribution in [2.24, 2.45) is 5.73 Å². The quantitative estimate of drug-likeness (QED) is 0.841. The van der Waals surface area contributed by atoms with E-state index in [2.05, 4.69) is 0 Å². The van der Waals surface area contributed by atoms with Crippen molar-refractivity contribution < 1.29 is 19.0 Å². The average molecular weight is 250 g/mol. The Morgan fingerprint density at radius 3 is 2.75 bits per heavy atom. The van der Waals surface area contributed by atoms with Gasteiger partial charge in [-0.25, -0.2) is 4.39 Å². The van der Waals surface area contributed by atoms with Crippen LogP contribution in [0.2, 0.25) is 0 Å². The third-order valence-electron chi connectivity index (χ3n) is 2.01. The molecule has 0 heterocycles. The fourth-order valence-corrected chi connectivity index (χ4v) is 1.16. The highest BCUT2D eigenvalue weighted by molar-refractivity contribution is 5.85. The highest BCUT2D eigenvalue weighted by Crippen LogP contribution is 2.17. The Kier molecular flexibility index (Phi) is 5.77. The van der Waals surface area contributed by atoms with Gasteiger partial charge in [0.05, 0.1) is 7.11 Å². The van der Waals surface area contributed by atoms with Gasteiger partial charge in [-0.05, 0) is 23.8 Å². The highest BCUT2D eigenvalue weighted by atomic mass is 35.5. The van der Waals surface area contributed by atoms with Crippen molar-refractivity contribution >= 4 is 18.4 Å². The average Bonchev–Trinajstić information content (AvgIpc) is 2.21. The fraction of sp³-hybridized carbons (Fsp3) is 0.300. The normalized spacial score (nSPS) is 11.4. The van der Waals surface area contributed by atoms with E-state index in [4.69, 9.17) is 15.6 Å². The molecule has 0 amide bonds. The number of methoxy groups -OCH3 is 1. The largest absolute Gasteiger partial charge is 0.497 e. The van der Waals surface area contributed by atoms with E-state index in [0.29, 0.717) is 5.75 Å². The van der Waals surface area contributed by atoms with Crippen LogP contribution in [0.1, 0.15) is 5.56 Å². The second-order valence-corrected chi connectivity index (χ2v) is 3.11. The molecule has 1 aromatic rings. The summed E-state index contributed by atoms with van der Waals surface area (Å²) in [4.78, 5) is 10.5. The van der Waals surface area contributed by atoms with Gasteiger partial charge in [0.2, 0.25) is 0 Å². The second-order valence-electron chi connectivity index (χ2n) is 3.11. The van der Waals surface area contributed by atoms with Crippen LogP contribution in [0.25, 0.3) is 0 Å². The molecule has 1 aromatic carbocycles. The lowest BCUT2D eigenvalue weighted by molar-refractivity contribution is -0.138. The van der Waals surface area contributed by atoms with Crippen LogP contribution in [0, 0.1) is 5.82 Å². The molecule has 0 unspecified atom stereocenters. The van der Waals surface area contributed by atoms with Gasteiger partial charge in [0.1, 0.15) is 17.6 Å². The minimum absolute atomic E-state index is 0. The summed E-state index contributed by atoms with van der Waals surface area (Å²) in [7, 11) is 1.45. The number of ether oxygens (including phenoxy) is 1. The van der Waals surface area contributed by atoms with Crippen molar-refractivity contribution in [2.75, 3.05) is 7.11 Å². The molecule has 0 aliphatic rings. The number of hydrogen-bond donors (Lipinski definition) is 2. The van der Waals surface area contributed by atoms with E-state index in [0.717, 1.165) is 0 Å². The molecule has 0 spiro atoms. The predicted molar refractivity (Wildman–Crippen MR) is 59.5 cm³/mol. The van der Waals surface area contributed by atoms with Crippen LogP contribution in [0.4, 0.5) is 4.39 Å². The molecular weight excluding hydrogens is 237 g/mol. The number of carboxylic acid groups (broad SMARTS) is 1. The lowest BCUT2D eigenvalue weighted by Crippen LogP contribution is -2.32. The van der Waals surface area contributed by atoms with Crippen LogP contribution in [0.15, 0.2) is 18.2 Å². The zero-order valence-corrected chi connectivity index (χ0v) is 9.46. The SMILES string of the molecule is COc1ccc(F)c(C[C@H](N)C(=O)O)c1.Cl. The molecule has 0 bridgehead atoms. The maximum Gasteiger partial charge on any atom is 0.320 e. The number of rotatable bonds is 4. The van der Waals surface area contributed by atoms with Crippen LogP contribution in [0.5, 0.6) is 5.75 Å². The summed E-state index contributed by atoms with van der Waals surface area (Å²) in [5.41, 5.74) is 5.54. The van der Waals surface area contributed by atoms with Crippen molar-refractivity contribution in [1.82, 2.24) is 0 Å². The molecule has 1 atom stereocenters. The number of hydrogen-bond acceptors (Lipinski definition) is 3. The van der Waals surface area contributed by atoms with Crippen molar-refractivity contribution in [3.63, 3.8) is 0 Å². The Labute approximate surface area is 98.6 Å². The topological polar surface area (TPSA) is 72.5 Å². The Morgan fingerprint density at radius 1 is 1.62 bits per heavy atom. The molecule has 0 aliphatic carbocycles. The van der Waals surface area contributed by atoms with E-state index in [9.17, 15) is 9.18 Å². The third kappa shape index (κ3) is 3.67. The molecule has 0 saturated heterocycles. The first kappa shape index (κ1) is 14.7. The molecule has 0 aliphatic heterocycles. The zero-order chi connectivity index (χ0) is 11.4. The number of carboxylic acids is 1. The lowest BCUT2D eigenvalue weighted by atomic mass is 10.1. The number of carbonyl (C=O) groups is 1.